The topological polar surface area (TPSA) is 59.1 Å². The molecular formula is C11H9ClN4. The molecule has 0 aliphatic rings. The summed E-state index contributed by atoms with van der Waals surface area (Å²) < 4.78 is 0. The van der Waals surface area contributed by atoms with E-state index in [-0.39, 0.29) is 5.82 Å². The third-order valence-corrected chi connectivity index (χ3v) is 2.46. The summed E-state index contributed by atoms with van der Waals surface area (Å²) in [5.41, 5.74) is 7.67. The number of halogens is 1. The summed E-state index contributed by atoms with van der Waals surface area (Å²) in [6.07, 6.45) is 0.572. The van der Waals surface area contributed by atoms with Crippen LogP contribution < -0.4 is 5.73 Å². The molecule has 80 valence electrons. The maximum atomic E-state index is 7.01. The molecule has 0 spiro atoms. The Morgan fingerprint density at radius 1 is 1.50 bits per heavy atom. The van der Waals surface area contributed by atoms with E-state index < -0.39 is 0 Å². The van der Waals surface area contributed by atoms with Gasteiger partial charge in [-0.25, -0.2) is 4.85 Å². The molecule has 0 fully saturated rings. The summed E-state index contributed by atoms with van der Waals surface area (Å²) in [7, 11) is 0. The van der Waals surface area contributed by atoms with E-state index in [0.29, 0.717) is 17.1 Å². The van der Waals surface area contributed by atoms with Crippen molar-refractivity contribution in [2.45, 2.75) is 6.42 Å². The molecule has 4 nitrogen and oxygen atoms in total. The lowest BCUT2D eigenvalue weighted by atomic mass is 10.1. The fourth-order valence-electron chi connectivity index (χ4n) is 1.49. The molecule has 0 bridgehead atoms. The van der Waals surface area contributed by atoms with Crippen molar-refractivity contribution in [2.24, 2.45) is 0 Å². The number of nitrogens with zero attached hydrogens (tertiary/aromatic N) is 2. The van der Waals surface area contributed by atoms with Crippen LogP contribution in [0, 0.1) is 6.57 Å². The highest BCUT2D eigenvalue weighted by Gasteiger charge is 2.10. The number of nitrogens with one attached hydrogen (secondary N) is 1. The average molecular weight is 233 g/mol. The van der Waals surface area contributed by atoms with Crippen LogP contribution in [0.1, 0.15) is 11.3 Å². The van der Waals surface area contributed by atoms with Crippen molar-refractivity contribution >= 4 is 23.1 Å². The van der Waals surface area contributed by atoms with Gasteiger partial charge in [0.25, 0.3) is 0 Å². The smallest absolute Gasteiger partial charge is 0.250 e. The van der Waals surface area contributed by atoms with Crippen LogP contribution in [0.3, 0.4) is 0 Å². The van der Waals surface area contributed by atoms with Gasteiger partial charge in [-0.3, -0.25) is 5.10 Å². The standard InChI is InChI=1S/C11H9ClN4/c1-14-10-9(15-16-11(10)13)6-7-3-2-4-8(12)5-7/h2-5H,6H2,(H3,13,15,16). The van der Waals surface area contributed by atoms with E-state index in [9.17, 15) is 0 Å². The van der Waals surface area contributed by atoms with Gasteiger partial charge < -0.3 is 5.73 Å². The second-order valence-electron chi connectivity index (χ2n) is 3.35. The number of nitrogens with two attached hydrogens (primary N) is 1. The van der Waals surface area contributed by atoms with Crippen molar-refractivity contribution in [3.05, 3.63) is 52.0 Å². The quantitative estimate of drug-likeness (QED) is 0.783. The van der Waals surface area contributed by atoms with Crippen molar-refractivity contribution in [2.75, 3.05) is 5.73 Å². The molecule has 16 heavy (non-hydrogen) atoms. The highest BCUT2D eigenvalue weighted by molar-refractivity contribution is 6.30. The molecule has 3 N–H and O–H groups in total. The molecule has 0 aliphatic carbocycles. The summed E-state index contributed by atoms with van der Waals surface area (Å²) in [5.74, 6) is 0.243. The zero-order chi connectivity index (χ0) is 11.5. The molecule has 1 aromatic heterocycles. The minimum Gasteiger partial charge on any atom is -0.391 e. The van der Waals surface area contributed by atoms with Crippen LogP contribution in [-0.2, 0) is 6.42 Å². The largest absolute Gasteiger partial charge is 0.391 e. The first-order chi connectivity index (χ1) is 7.70. The molecule has 0 saturated carbocycles. The second-order valence-corrected chi connectivity index (χ2v) is 3.79. The van der Waals surface area contributed by atoms with Gasteiger partial charge in [0.15, 0.2) is 5.82 Å². The highest BCUT2D eigenvalue weighted by atomic mass is 35.5. The van der Waals surface area contributed by atoms with Crippen molar-refractivity contribution < 1.29 is 0 Å². The Balaban J connectivity index is 2.31. The Hall–Kier alpha value is -1.99. The Labute approximate surface area is 97.9 Å². The fourth-order valence-corrected chi connectivity index (χ4v) is 1.70. The molecule has 5 heteroatoms. The first kappa shape index (κ1) is 10.5. The van der Waals surface area contributed by atoms with Gasteiger partial charge in [0.1, 0.15) is 0 Å². The molecule has 0 amide bonds. The molecule has 0 saturated heterocycles. The van der Waals surface area contributed by atoms with Crippen LogP contribution in [0.4, 0.5) is 11.5 Å². The fraction of sp³-hybridized carbons (Fsp3) is 0.0909. The molecule has 0 radical (unpaired) electrons. The molecule has 2 rings (SSSR count). The maximum Gasteiger partial charge on any atom is 0.250 e. The molecule has 1 aromatic carbocycles. The van der Waals surface area contributed by atoms with E-state index in [1.54, 1.807) is 0 Å². The summed E-state index contributed by atoms with van der Waals surface area (Å²) in [4.78, 5) is 3.35. The zero-order valence-electron chi connectivity index (χ0n) is 8.37. The maximum absolute atomic E-state index is 7.01. The van der Waals surface area contributed by atoms with Crippen LogP contribution in [0.15, 0.2) is 24.3 Å². The summed E-state index contributed by atoms with van der Waals surface area (Å²) >= 11 is 5.88. The van der Waals surface area contributed by atoms with Gasteiger partial charge in [0.2, 0.25) is 5.69 Å². The monoisotopic (exact) mass is 232 g/mol. The zero-order valence-corrected chi connectivity index (χ0v) is 9.12. The second kappa shape index (κ2) is 4.25. The van der Waals surface area contributed by atoms with Crippen LogP contribution in [0.2, 0.25) is 5.02 Å². The molecule has 0 atom stereocenters. The third-order valence-electron chi connectivity index (χ3n) is 2.22. The number of nitrogen functional groups attached to an aromatic ring is 1. The number of aromatic nitrogens is 2. The lowest BCUT2D eigenvalue weighted by molar-refractivity contribution is 1.00. The predicted octanol–water partition coefficient (Wildman–Crippen LogP) is 2.79. The van der Waals surface area contributed by atoms with E-state index in [1.807, 2.05) is 24.3 Å². The Kier molecular flexibility index (Phi) is 2.80. The van der Waals surface area contributed by atoms with Crippen LogP contribution in [0.5, 0.6) is 0 Å². The Morgan fingerprint density at radius 2 is 2.31 bits per heavy atom. The van der Waals surface area contributed by atoms with Crippen LogP contribution in [0.25, 0.3) is 4.85 Å². The van der Waals surface area contributed by atoms with Crippen molar-refractivity contribution in [1.82, 2.24) is 10.2 Å². The molecule has 0 unspecified atom stereocenters. The number of rotatable bonds is 2. The minimum absolute atomic E-state index is 0.243. The molecular weight excluding hydrogens is 224 g/mol. The Morgan fingerprint density at radius 3 is 3.00 bits per heavy atom. The van der Waals surface area contributed by atoms with Gasteiger partial charge in [0, 0.05) is 17.1 Å². The summed E-state index contributed by atoms with van der Waals surface area (Å²) in [6, 6.07) is 7.47. The highest BCUT2D eigenvalue weighted by Crippen LogP contribution is 2.26. The number of H-pyrrole nitrogens is 1. The minimum atomic E-state index is 0.243. The summed E-state index contributed by atoms with van der Waals surface area (Å²) in [5, 5.41) is 7.25. The normalized spacial score (nSPS) is 10.0. The van der Waals surface area contributed by atoms with Gasteiger partial charge in [-0.1, -0.05) is 23.7 Å². The van der Waals surface area contributed by atoms with Gasteiger partial charge in [-0.05, 0) is 17.7 Å². The number of anilines is 1. The van der Waals surface area contributed by atoms with E-state index in [1.165, 1.54) is 0 Å². The number of benzene rings is 1. The van der Waals surface area contributed by atoms with Crippen molar-refractivity contribution in [3.63, 3.8) is 0 Å². The predicted molar refractivity (Wildman–Crippen MR) is 63.5 cm³/mol. The lowest BCUT2D eigenvalue weighted by Gasteiger charge is -2.00. The molecule has 2 aromatic rings. The number of hydrogen-bond donors (Lipinski definition) is 2. The number of aromatic amines is 1. The first-order valence-corrected chi connectivity index (χ1v) is 5.03. The Bertz CT molecular complexity index is 553. The molecule has 0 aliphatic heterocycles. The van der Waals surface area contributed by atoms with E-state index in [0.717, 1.165) is 11.3 Å². The number of hydrogen-bond acceptors (Lipinski definition) is 2. The molecule has 1 heterocycles. The lowest BCUT2D eigenvalue weighted by Crippen LogP contribution is -1.88. The van der Waals surface area contributed by atoms with Gasteiger partial charge in [0.05, 0.1) is 6.57 Å². The van der Waals surface area contributed by atoms with Crippen LogP contribution >= 0.6 is 11.6 Å². The van der Waals surface area contributed by atoms with Crippen molar-refractivity contribution in [3.8, 4) is 0 Å². The van der Waals surface area contributed by atoms with E-state index in [4.69, 9.17) is 23.9 Å². The van der Waals surface area contributed by atoms with Crippen molar-refractivity contribution in [1.29, 1.82) is 0 Å². The van der Waals surface area contributed by atoms with E-state index >= 15 is 0 Å². The first-order valence-electron chi connectivity index (χ1n) is 4.65. The van der Waals surface area contributed by atoms with Gasteiger partial charge >= 0.3 is 0 Å². The van der Waals surface area contributed by atoms with Gasteiger partial charge in [-0.15, -0.1) is 0 Å². The summed E-state index contributed by atoms with van der Waals surface area (Å²) in [6.45, 7) is 7.01. The van der Waals surface area contributed by atoms with E-state index in [2.05, 4.69) is 15.0 Å². The van der Waals surface area contributed by atoms with Crippen LogP contribution in [-0.4, -0.2) is 10.2 Å². The van der Waals surface area contributed by atoms with Gasteiger partial charge in [-0.2, -0.15) is 5.10 Å². The SMILES string of the molecule is [C-]#[N+]c1c(N)n[nH]c1Cc1cccc(Cl)c1. The average Bonchev–Trinajstić information content (AvgIpc) is 2.59. The third kappa shape index (κ3) is 2.00.